The van der Waals surface area contributed by atoms with Crippen molar-refractivity contribution in [3.63, 3.8) is 0 Å². The smallest absolute Gasteiger partial charge is 0.260 e. The Kier molecular flexibility index (Phi) is 4.41. The molecular formula is C21H20N8O4. The van der Waals surface area contributed by atoms with Crippen molar-refractivity contribution in [3.8, 4) is 11.4 Å². The van der Waals surface area contributed by atoms with Crippen molar-refractivity contribution in [1.82, 2.24) is 30.2 Å². The van der Waals surface area contributed by atoms with E-state index in [2.05, 4.69) is 25.5 Å². The minimum atomic E-state index is -1.58. The number of carbonyl (C=O) groups excluding carboxylic acids is 1. The van der Waals surface area contributed by atoms with Crippen LogP contribution in [0.2, 0.25) is 0 Å². The number of H-pyrrole nitrogens is 1. The summed E-state index contributed by atoms with van der Waals surface area (Å²) in [5.41, 5.74) is 10.3. The number of pyridine rings is 1. The van der Waals surface area contributed by atoms with Gasteiger partial charge in [0.05, 0.1) is 36.2 Å². The molecule has 168 valence electrons. The predicted octanol–water partition coefficient (Wildman–Crippen LogP) is -0.0550. The van der Waals surface area contributed by atoms with Gasteiger partial charge in [-0.3, -0.25) is 14.7 Å². The summed E-state index contributed by atoms with van der Waals surface area (Å²) in [6, 6.07) is 8.79. The van der Waals surface area contributed by atoms with Gasteiger partial charge in [0.25, 0.3) is 5.91 Å². The molecule has 2 aliphatic rings. The zero-order valence-electron chi connectivity index (χ0n) is 17.3. The maximum absolute atomic E-state index is 13.3. The van der Waals surface area contributed by atoms with E-state index in [1.165, 1.54) is 4.90 Å². The molecule has 0 aliphatic carbocycles. The first-order valence-electron chi connectivity index (χ1n) is 10.3. The minimum absolute atomic E-state index is 0.207. The number of nitrogens with two attached hydrogens (primary N) is 1. The lowest BCUT2D eigenvalue weighted by atomic mass is 9.90. The minimum Gasteiger partial charge on any atom is -0.406 e. The Labute approximate surface area is 186 Å². The molecule has 12 heteroatoms. The van der Waals surface area contributed by atoms with E-state index in [1.54, 1.807) is 47.8 Å². The number of ether oxygens (including phenoxy) is 1. The molecule has 6 rings (SSSR count). The van der Waals surface area contributed by atoms with Crippen LogP contribution in [0.25, 0.3) is 16.7 Å². The average Bonchev–Trinajstić information content (AvgIpc) is 3.58. The number of fused-ring (bicyclic) bond motifs is 2. The maximum Gasteiger partial charge on any atom is 0.260 e. The van der Waals surface area contributed by atoms with Gasteiger partial charge in [-0.25, -0.2) is 9.67 Å². The van der Waals surface area contributed by atoms with Crippen LogP contribution in [-0.4, -0.2) is 61.1 Å². The predicted molar refractivity (Wildman–Crippen MR) is 115 cm³/mol. The number of aliphatic hydroxyl groups is 1. The van der Waals surface area contributed by atoms with E-state index in [4.69, 9.17) is 15.3 Å². The highest BCUT2D eigenvalue weighted by Crippen LogP contribution is 2.38. The fourth-order valence-corrected chi connectivity index (χ4v) is 4.18. The topological polar surface area (TPSA) is 156 Å². The summed E-state index contributed by atoms with van der Waals surface area (Å²) in [4.78, 5) is 31.5. The molecule has 0 saturated carbocycles. The van der Waals surface area contributed by atoms with Crippen LogP contribution >= 0.6 is 0 Å². The number of aromatic amines is 1. The van der Waals surface area contributed by atoms with Gasteiger partial charge in [0.2, 0.25) is 0 Å². The number of amides is 1. The highest BCUT2D eigenvalue weighted by Gasteiger charge is 2.51. The third-order valence-corrected chi connectivity index (χ3v) is 5.95. The van der Waals surface area contributed by atoms with Crippen molar-refractivity contribution in [2.75, 3.05) is 18.1 Å². The molecule has 0 bridgehead atoms. The number of morpholine rings is 1. The molecule has 5 heterocycles. The average molecular weight is 448 g/mol. The van der Waals surface area contributed by atoms with E-state index < -0.39 is 23.8 Å². The molecule has 33 heavy (non-hydrogen) atoms. The van der Waals surface area contributed by atoms with Crippen LogP contribution < -0.4 is 21.0 Å². The first-order chi connectivity index (χ1) is 16.0. The lowest BCUT2D eigenvalue weighted by Gasteiger charge is -2.38. The Hall–Kier alpha value is -3.84. The van der Waals surface area contributed by atoms with Gasteiger partial charge in [0, 0.05) is 36.3 Å². The fourth-order valence-electron chi connectivity index (χ4n) is 4.18. The maximum atomic E-state index is 13.3. The van der Waals surface area contributed by atoms with Crippen LogP contribution in [0.1, 0.15) is 5.56 Å². The number of aliphatic hydroxyl groups excluding tert-OH is 1. The van der Waals surface area contributed by atoms with Gasteiger partial charge >= 0.3 is 0 Å². The van der Waals surface area contributed by atoms with Crippen LogP contribution in [0.5, 0.6) is 5.75 Å². The number of hydrogen-bond donors (Lipinski definition) is 4. The number of hydrogen-bond acceptors (Lipinski definition) is 9. The number of nitrogens with zero attached hydrogens (tertiary/aromatic N) is 5. The molecule has 1 amide bonds. The molecule has 5 N–H and O–H groups in total. The number of hydroxylamine groups is 1. The number of anilines is 1. The SMILES string of the molecule is NC1([C@H](O)[C@H]2OCCN(c3ccn(-c4ccncc4)n3)C2=O)NOc2cc3nc[nH]c3cc21. The molecule has 1 aromatic carbocycles. The summed E-state index contributed by atoms with van der Waals surface area (Å²) >= 11 is 0. The molecule has 2 aliphatic heterocycles. The zero-order chi connectivity index (χ0) is 22.6. The molecule has 1 saturated heterocycles. The highest BCUT2D eigenvalue weighted by molar-refractivity contribution is 5.97. The monoisotopic (exact) mass is 448 g/mol. The first-order valence-corrected chi connectivity index (χ1v) is 10.3. The van der Waals surface area contributed by atoms with Crippen molar-refractivity contribution >= 4 is 22.8 Å². The van der Waals surface area contributed by atoms with Gasteiger partial charge in [0.15, 0.2) is 23.3 Å². The summed E-state index contributed by atoms with van der Waals surface area (Å²) < 4.78 is 7.33. The van der Waals surface area contributed by atoms with Gasteiger partial charge < -0.3 is 25.4 Å². The van der Waals surface area contributed by atoms with E-state index in [9.17, 15) is 9.90 Å². The highest BCUT2D eigenvalue weighted by atomic mass is 16.7. The Balaban J connectivity index is 1.28. The Morgan fingerprint density at radius 1 is 1.27 bits per heavy atom. The Bertz CT molecular complexity index is 1340. The normalized spacial score (nSPS) is 23.5. The number of carbonyl (C=O) groups is 1. The molecule has 1 fully saturated rings. The summed E-state index contributed by atoms with van der Waals surface area (Å²) in [7, 11) is 0. The zero-order valence-corrected chi connectivity index (χ0v) is 17.3. The first kappa shape index (κ1) is 19.8. The van der Waals surface area contributed by atoms with Gasteiger partial charge in [0.1, 0.15) is 6.10 Å². The lowest BCUT2D eigenvalue weighted by molar-refractivity contribution is -0.151. The van der Waals surface area contributed by atoms with E-state index in [1.807, 2.05) is 12.1 Å². The van der Waals surface area contributed by atoms with Crippen molar-refractivity contribution < 1.29 is 19.5 Å². The largest absolute Gasteiger partial charge is 0.406 e. The molecule has 0 radical (unpaired) electrons. The molecule has 3 atom stereocenters. The van der Waals surface area contributed by atoms with Crippen molar-refractivity contribution in [2.24, 2.45) is 5.73 Å². The van der Waals surface area contributed by atoms with Gasteiger partial charge in [-0.1, -0.05) is 0 Å². The number of nitrogens with one attached hydrogen (secondary N) is 2. The van der Waals surface area contributed by atoms with E-state index in [-0.39, 0.29) is 6.61 Å². The van der Waals surface area contributed by atoms with Crippen molar-refractivity contribution in [3.05, 3.63) is 60.8 Å². The second-order valence-corrected chi connectivity index (χ2v) is 7.89. The van der Waals surface area contributed by atoms with Crippen LogP contribution in [0.15, 0.2) is 55.2 Å². The summed E-state index contributed by atoms with van der Waals surface area (Å²) in [6.07, 6.45) is 3.95. The second-order valence-electron chi connectivity index (χ2n) is 7.89. The van der Waals surface area contributed by atoms with Crippen LogP contribution in [0.4, 0.5) is 5.82 Å². The molecule has 3 aromatic heterocycles. The molecule has 1 unspecified atom stereocenters. The second kappa shape index (κ2) is 7.35. The quantitative estimate of drug-likeness (QED) is 0.336. The molecular weight excluding hydrogens is 428 g/mol. The number of benzene rings is 1. The van der Waals surface area contributed by atoms with Gasteiger partial charge in [-0.2, -0.15) is 0 Å². The fraction of sp³-hybridized carbons (Fsp3) is 0.238. The molecule has 12 nitrogen and oxygen atoms in total. The van der Waals surface area contributed by atoms with E-state index in [0.717, 1.165) is 11.2 Å². The molecule has 4 aromatic rings. The summed E-state index contributed by atoms with van der Waals surface area (Å²) in [5.74, 6) is 0.419. The summed E-state index contributed by atoms with van der Waals surface area (Å²) in [5, 5.41) is 15.7. The van der Waals surface area contributed by atoms with Crippen LogP contribution in [0, 0.1) is 0 Å². The number of rotatable bonds is 4. The Morgan fingerprint density at radius 3 is 2.97 bits per heavy atom. The third-order valence-electron chi connectivity index (χ3n) is 5.95. The van der Waals surface area contributed by atoms with Crippen LogP contribution in [-0.2, 0) is 15.2 Å². The van der Waals surface area contributed by atoms with E-state index in [0.29, 0.717) is 29.2 Å². The molecule has 0 spiro atoms. The van der Waals surface area contributed by atoms with Crippen LogP contribution in [0.3, 0.4) is 0 Å². The number of aromatic nitrogens is 5. The summed E-state index contributed by atoms with van der Waals surface area (Å²) in [6.45, 7) is 0.501. The van der Waals surface area contributed by atoms with Gasteiger partial charge in [-0.05, 0) is 18.2 Å². The lowest BCUT2D eigenvalue weighted by Crippen LogP contribution is -2.65. The van der Waals surface area contributed by atoms with E-state index >= 15 is 0 Å². The Morgan fingerprint density at radius 2 is 2.12 bits per heavy atom. The van der Waals surface area contributed by atoms with Crippen molar-refractivity contribution in [2.45, 2.75) is 17.9 Å². The van der Waals surface area contributed by atoms with Crippen molar-refractivity contribution in [1.29, 1.82) is 0 Å². The third kappa shape index (κ3) is 3.08. The standard InChI is InChI=1S/C21H20N8O4/c22-21(13-9-14-15(25-11-24-14)10-16(13)33-27-21)19(30)18-20(31)28(7-8-32-18)17-3-6-29(26-17)12-1-4-23-5-2-12/h1-6,9-11,18-19,27,30H,7-8,22H2,(H,24,25)/t18-,19-,21?/m1/s1. The van der Waals surface area contributed by atoms with Gasteiger partial charge in [-0.15, -0.1) is 10.6 Å². The number of imidazole rings is 1.